The first-order valence-corrected chi connectivity index (χ1v) is 7.92. The van der Waals surface area contributed by atoms with Crippen molar-refractivity contribution in [2.45, 2.75) is 12.8 Å². The predicted octanol–water partition coefficient (Wildman–Crippen LogP) is 5.24. The zero-order valence-electron chi connectivity index (χ0n) is 11.0. The monoisotopic (exact) mass is 386 g/mol. The van der Waals surface area contributed by atoms with Crippen LogP contribution < -0.4 is 0 Å². The molecule has 110 valence electrons. The first kappa shape index (κ1) is 16.3. The molecule has 0 saturated heterocycles. The number of hydrogen-bond donors (Lipinski definition) is 1. The molecule has 0 fully saturated rings. The number of rotatable bonds is 5. The van der Waals surface area contributed by atoms with Crippen molar-refractivity contribution in [3.63, 3.8) is 0 Å². The molecule has 0 amide bonds. The van der Waals surface area contributed by atoms with Crippen LogP contribution in [0, 0.1) is 5.92 Å². The Kier molecular flexibility index (Phi) is 5.68. The maximum Gasteiger partial charge on any atom is 0.307 e. The molecule has 0 saturated carbocycles. The molecule has 0 aliphatic carbocycles. The zero-order chi connectivity index (χ0) is 15.4. The van der Waals surface area contributed by atoms with Gasteiger partial charge in [0, 0.05) is 4.47 Å². The van der Waals surface area contributed by atoms with Crippen LogP contribution in [0.3, 0.4) is 0 Å². The molecule has 21 heavy (non-hydrogen) atoms. The van der Waals surface area contributed by atoms with Gasteiger partial charge in [-0.2, -0.15) is 0 Å². The number of benzene rings is 2. The number of carboxylic acid groups (broad SMARTS) is 1. The van der Waals surface area contributed by atoms with Crippen molar-refractivity contribution in [2.24, 2.45) is 5.92 Å². The maximum absolute atomic E-state index is 11.5. The standard InChI is InChI=1S/C16H13BrCl2O2/c17-13-6-4-10(5-7-13)8-12(16(20)21)9-11-2-1-3-14(18)15(11)19/h1-7,12H,8-9H2,(H,20,21). The van der Waals surface area contributed by atoms with Crippen molar-refractivity contribution in [3.8, 4) is 0 Å². The van der Waals surface area contributed by atoms with E-state index < -0.39 is 11.9 Å². The van der Waals surface area contributed by atoms with E-state index in [4.69, 9.17) is 23.2 Å². The third-order valence-electron chi connectivity index (χ3n) is 3.24. The van der Waals surface area contributed by atoms with Gasteiger partial charge in [-0.3, -0.25) is 4.79 Å². The molecule has 0 aliphatic rings. The molecular formula is C16H13BrCl2O2. The van der Waals surface area contributed by atoms with Crippen LogP contribution in [0.15, 0.2) is 46.9 Å². The van der Waals surface area contributed by atoms with E-state index >= 15 is 0 Å². The summed E-state index contributed by atoms with van der Waals surface area (Å²) in [6.45, 7) is 0. The molecule has 2 aromatic rings. The highest BCUT2D eigenvalue weighted by Gasteiger charge is 2.20. The third kappa shape index (κ3) is 4.47. The minimum absolute atomic E-state index is 0.352. The molecule has 0 spiro atoms. The van der Waals surface area contributed by atoms with Gasteiger partial charge in [0.1, 0.15) is 0 Å². The Morgan fingerprint density at radius 1 is 1.10 bits per heavy atom. The number of aliphatic carboxylic acids is 1. The summed E-state index contributed by atoms with van der Waals surface area (Å²) in [7, 11) is 0. The lowest BCUT2D eigenvalue weighted by Crippen LogP contribution is -2.19. The van der Waals surface area contributed by atoms with Crippen LogP contribution in [0.2, 0.25) is 10.0 Å². The summed E-state index contributed by atoms with van der Waals surface area (Å²) in [4.78, 5) is 11.5. The number of hydrogen-bond acceptors (Lipinski definition) is 1. The Hall–Kier alpha value is -1.03. The first-order chi connectivity index (χ1) is 9.97. The number of halogens is 3. The average molecular weight is 388 g/mol. The lowest BCUT2D eigenvalue weighted by molar-refractivity contribution is -0.141. The zero-order valence-corrected chi connectivity index (χ0v) is 14.1. The fourth-order valence-corrected chi connectivity index (χ4v) is 2.78. The molecule has 2 rings (SSSR count). The third-order valence-corrected chi connectivity index (χ3v) is 4.63. The van der Waals surface area contributed by atoms with Gasteiger partial charge >= 0.3 is 5.97 Å². The summed E-state index contributed by atoms with van der Waals surface area (Å²) in [5.41, 5.74) is 1.73. The molecule has 2 aromatic carbocycles. The Morgan fingerprint density at radius 2 is 1.76 bits per heavy atom. The second kappa shape index (κ2) is 7.30. The maximum atomic E-state index is 11.5. The van der Waals surface area contributed by atoms with Crippen LogP contribution in [-0.2, 0) is 17.6 Å². The largest absolute Gasteiger partial charge is 0.481 e. The Morgan fingerprint density at radius 3 is 2.38 bits per heavy atom. The van der Waals surface area contributed by atoms with Crippen LogP contribution >= 0.6 is 39.1 Å². The molecule has 1 N–H and O–H groups in total. The minimum Gasteiger partial charge on any atom is -0.481 e. The molecule has 1 atom stereocenters. The van der Waals surface area contributed by atoms with E-state index in [1.54, 1.807) is 12.1 Å². The molecule has 0 heterocycles. The van der Waals surface area contributed by atoms with Crippen LogP contribution in [0.25, 0.3) is 0 Å². The Bertz CT molecular complexity index is 641. The Balaban J connectivity index is 2.18. The minimum atomic E-state index is -0.839. The quantitative estimate of drug-likeness (QED) is 0.761. The van der Waals surface area contributed by atoms with Crippen LogP contribution in [0.4, 0.5) is 0 Å². The summed E-state index contributed by atoms with van der Waals surface area (Å²) >= 11 is 15.5. The highest BCUT2D eigenvalue weighted by molar-refractivity contribution is 9.10. The van der Waals surface area contributed by atoms with Gasteiger partial charge in [0.15, 0.2) is 0 Å². The molecule has 2 nitrogen and oxygen atoms in total. The summed E-state index contributed by atoms with van der Waals surface area (Å²) in [5, 5.41) is 10.3. The molecule has 0 bridgehead atoms. The molecule has 5 heteroatoms. The van der Waals surface area contributed by atoms with Crippen LogP contribution in [0.1, 0.15) is 11.1 Å². The fourth-order valence-electron chi connectivity index (χ4n) is 2.12. The lowest BCUT2D eigenvalue weighted by Gasteiger charge is -2.14. The summed E-state index contributed by atoms with van der Waals surface area (Å²) < 4.78 is 0.969. The first-order valence-electron chi connectivity index (χ1n) is 6.37. The van der Waals surface area contributed by atoms with E-state index in [0.29, 0.717) is 22.9 Å². The second-order valence-corrected chi connectivity index (χ2v) is 6.48. The van der Waals surface area contributed by atoms with Gasteiger partial charge in [-0.15, -0.1) is 0 Å². The van der Waals surface area contributed by atoms with E-state index in [0.717, 1.165) is 15.6 Å². The van der Waals surface area contributed by atoms with Crippen molar-refractivity contribution in [1.29, 1.82) is 0 Å². The van der Waals surface area contributed by atoms with E-state index in [1.165, 1.54) is 0 Å². The highest BCUT2D eigenvalue weighted by atomic mass is 79.9. The van der Waals surface area contributed by atoms with E-state index in [-0.39, 0.29) is 0 Å². The number of carboxylic acids is 1. The number of carbonyl (C=O) groups is 1. The molecule has 0 aromatic heterocycles. The van der Waals surface area contributed by atoms with Gasteiger partial charge in [-0.1, -0.05) is 63.4 Å². The molecule has 0 radical (unpaired) electrons. The van der Waals surface area contributed by atoms with Crippen molar-refractivity contribution in [1.82, 2.24) is 0 Å². The average Bonchev–Trinajstić information content (AvgIpc) is 2.45. The van der Waals surface area contributed by atoms with Gasteiger partial charge in [0.05, 0.1) is 16.0 Å². The normalized spacial score (nSPS) is 12.1. The highest BCUT2D eigenvalue weighted by Crippen LogP contribution is 2.28. The van der Waals surface area contributed by atoms with E-state index in [9.17, 15) is 9.90 Å². The van der Waals surface area contributed by atoms with Crippen LogP contribution in [0.5, 0.6) is 0 Å². The smallest absolute Gasteiger partial charge is 0.307 e. The van der Waals surface area contributed by atoms with Crippen molar-refractivity contribution in [3.05, 3.63) is 68.1 Å². The molecule has 1 unspecified atom stereocenters. The second-order valence-electron chi connectivity index (χ2n) is 4.78. The molecular weight excluding hydrogens is 375 g/mol. The predicted molar refractivity (Wildman–Crippen MR) is 89.1 cm³/mol. The van der Waals surface area contributed by atoms with Crippen molar-refractivity contribution >= 4 is 45.1 Å². The van der Waals surface area contributed by atoms with Gasteiger partial charge in [0.25, 0.3) is 0 Å². The van der Waals surface area contributed by atoms with Gasteiger partial charge < -0.3 is 5.11 Å². The topological polar surface area (TPSA) is 37.3 Å². The fraction of sp³-hybridized carbons (Fsp3) is 0.188. The summed E-state index contributed by atoms with van der Waals surface area (Å²) in [5.74, 6) is -1.38. The summed E-state index contributed by atoms with van der Waals surface area (Å²) in [6.07, 6.45) is 0.802. The van der Waals surface area contributed by atoms with Crippen molar-refractivity contribution < 1.29 is 9.90 Å². The van der Waals surface area contributed by atoms with E-state index in [1.807, 2.05) is 30.3 Å². The van der Waals surface area contributed by atoms with Crippen molar-refractivity contribution in [2.75, 3.05) is 0 Å². The van der Waals surface area contributed by atoms with Gasteiger partial charge in [0.2, 0.25) is 0 Å². The lowest BCUT2D eigenvalue weighted by atomic mass is 9.92. The van der Waals surface area contributed by atoms with Gasteiger partial charge in [-0.25, -0.2) is 0 Å². The van der Waals surface area contributed by atoms with E-state index in [2.05, 4.69) is 15.9 Å². The van der Waals surface area contributed by atoms with Gasteiger partial charge in [-0.05, 0) is 42.2 Å². The molecule has 0 aliphatic heterocycles. The Labute approximate surface area is 141 Å². The summed E-state index contributed by atoms with van der Waals surface area (Å²) in [6, 6.07) is 12.9. The SMILES string of the molecule is O=C(O)C(Cc1ccc(Br)cc1)Cc1cccc(Cl)c1Cl. The van der Waals surface area contributed by atoms with Crippen LogP contribution in [-0.4, -0.2) is 11.1 Å².